The fraction of sp³-hybridized carbons (Fsp3) is 0.444. The summed E-state index contributed by atoms with van der Waals surface area (Å²) in [6, 6.07) is 2.13. The van der Waals surface area contributed by atoms with Crippen LogP contribution >= 0.6 is 15.9 Å². The SMILES string of the molecule is N[C@H]1CCCc2c(Br)ccnc21. The van der Waals surface area contributed by atoms with Gasteiger partial charge in [0.05, 0.1) is 5.69 Å². The molecule has 2 N–H and O–H groups in total. The highest BCUT2D eigenvalue weighted by molar-refractivity contribution is 9.10. The number of nitrogens with zero attached hydrogens (tertiary/aromatic N) is 1. The third-order valence-electron chi connectivity index (χ3n) is 2.33. The Labute approximate surface area is 80.3 Å². The van der Waals surface area contributed by atoms with E-state index >= 15 is 0 Å². The highest BCUT2D eigenvalue weighted by Gasteiger charge is 2.19. The third kappa shape index (κ3) is 1.27. The van der Waals surface area contributed by atoms with Gasteiger partial charge in [-0.2, -0.15) is 0 Å². The van der Waals surface area contributed by atoms with Crippen LogP contribution in [-0.4, -0.2) is 4.98 Å². The molecule has 0 radical (unpaired) electrons. The first-order valence-corrected chi connectivity index (χ1v) is 4.97. The zero-order chi connectivity index (χ0) is 8.55. The second-order valence-electron chi connectivity index (χ2n) is 3.16. The molecule has 1 aromatic rings. The van der Waals surface area contributed by atoms with Gasteiger partial charge in [-0.25, -0.2) is 0 Å². The van der Waals surface area contributed by atoms with Crippen LogP contribution in [0.25, 0.3) is 0 Å². The minimum Gasteiger partial charge on any atom is -0.323 e. The Kier molecular flexibility index (Phi) is 2.15. The summed E-state index contributed by atoms with van der Waals surface area (Å²) in [6.45, 7) is 0. The van der Waals surface area contributed by atoms with Crippen molar-refractivity contribution in [2.24, 2.45) is 5.73 Å². The van der Waals surface area contributed by atoms with Gasteiger partial charge in [0.15, 0.2) is 0 Å². The largest absolute Gasteiger partial charge is 0.323 e. The van der Waals surface area contributed by atoms with Gasteiger partial charge in [-0.1, -0.05) is 15.9 Å². The number of aromatic nitrogens is 1. The van der Waals surface area contributed by atoms with Crippen LogP contribution in [0.15, 0.2) is 16.7 Å². The number of hydrogen-bond donors (Lipinski definition) is 1. The Balaban J connectivity index is 2.52. The van der Waals surface area contributed by atoms with Crippen LogP contribution in [-0.2, 0) is 6.42 Å². The van der Waals surface area contributed by atoms with Gasteiger partial charge in [0, 0.05) is 16.7 Å². The molecule has 64 valence electrons. The smallest absolute Gasteiger partial charge is 0.0614 e. The molecule has 1 atom stereocenters. The van der Waals surface area contributed by atoms with Gasteiger partial charge < -0.3 is 5.73 Å². The van der Waals surface area contributed by atoms with E-state index in [-0.39, 0.29) is 6.04 Å². The minimum absolute atomic E-state index is 0.145. The lowest BCUT2D eigenvalue weighted by atomic mass is 9.93. The van der Waals surface area contributed by atoms with Gasteiger partial charge in [-0.3, -0.25) is 4.98 Å². The minimum atomic E-state index is 0.145. The lowest BCUT2D eigenvalue weighted by Gasteiger charge is -2.21. The monoisotopic (exact) mass is 226 g/mol. The molecule has 1 heterocycles. The summed E-state index contributed by atoms with van der Waals surface area (Å²) in [5, 5.41) is 0. The molecule has 1 aliphatic rings. The molecule has 1 aromatic heterocycles. The normalized spacial score (nSPS) is 22.0. The molecule has 12 heavy (non-hydrogen) atoms. The maximum atomic E-state index is 5.93. The quantitative estimate of drug-likeness (QED) is 0.737. The molecule has 2 rings (SSSR count). The summed E-state index contributed by atoms with van der Waals surface area (Å²) in [5.74, 6) is 0. The van der Waals surface area contributed by atoms with Crippen LogP contribution in [0.1, 0.15) is 30.1 Å². The van der Waals surface area contributed by atoms with Crippen molar-refractivity contribution in [1.29, 1.82) is 0 Å². The maximum absolute atomic E-state index is 5.93. The van der Waals surface area contributed by atoms with Crippen LogP contribution in [0, 0.1) is 0 Å². The van der Waals surface area contributed by atoms with E-state index in [1.807, 2.05) is 12.3 Å². The first kappa shape index (κ1) is 8.20. The van der Waals surface area contributed by atoms with Crippen molar-refractivity contribution >= 4 is 15.9 Å². The number of pyridine rings is 1. The summed E-state index contributed by atoms with van der Waals surface area (Å²) in [7, 11) is 0. The van der Waals surface area contributed by atoms with E-state index in [1.165, 1.54) is 12.0 Å². The summed E-state index contributed by atoms with van der Waals surface area (Å²) < 4.78 is 1.16. The predicted molar refractivity (Wildman–Crippen MR) is 51.8 cm³/mol. The Bertz CT molecular complexity index is 299. The van der Waals surface area contributed by atoms with E-state index in [0.717, 1.165) is 23.0 Å². The summed E-state index contributed by atoms with van der Waals surface area (Å²) in [6.07, 6.45) is 5.17. The Morgan fingerprint density at radius 3 is 3.17 bits per heavy atom. The number of hydrogen-bond acceptors (Lipinski definition) is 2. The van der Waals surface area contributed by atoms with Gasteiger partial charge in [0.1, 0.15) is 0 Å². The Morgan fingerprint density at radius 1 is 1.58 bits per heavy atom. The summed E-state index contributed by atoms with van der Waals surface area (Å²) in [5.41, 5.74) is 8.31. The second kappa shape index (κ2) is 3.15. The first-order valence-electron chi connectivity index (χ1n) is 4.18. The highest BCUT2D eigenvalue weighted by Crippen LogP contribution is 2.30. The molecule has 0 saturated carbocycles. The van der Waals surface area contributed by atoms with Crippen molar-refractivity contribution in [3.8, 4) is 0 Å². The fourth-order valence-corrected chi connectivity index (χ4v) is 2.21. The van der Waals surface area contributed by atoms with E-state index in [2.05, 4.69) is 20.9 Å². The van der Waals surface area contributed by atoms with Crippen molar-refractivity contribution in [3.63, 3.8) is 0 Å². The summed E-state index contributed by atoms with van der Waals surface area (Å²) >= 11 is 3.51. The molecule has 0 bridgehead atoms. The summed E-state index contributed by atoms with van der Waals surface area (Å²) in [4.78, 5) is 4.31. The zero-order valence-electron chi connectivity index (χ0n) is 6.76. The molecule has 1 aliphatic carbocycles. The van der Waals surface area contributed by atoms with Crippen molar-refractivity contribution in [2.75, 3.05) is 0 Å². The van der Waals surface area contributed by atoms with Crippen LogP contribution in [0.2, 0.25) is 0 Å². The molecule has 0 amide bonds. The van der Waals surface area contributed by atoms with Crippen molar-refractivity contribution in [1.82, 2.24) is 4.98 Å². The Morgan fingerprint density at radius 2 is 2.42 bits per heavy atom. The standard InChI is InChI=1S/C9H11BrN2/c10-7-4-5-12-9-6(7)2-1-3-8(9)11/h4-5,8H,1-3,11H2/t8-/m0/s1. The van der Waals surface area contributed by atoms with E-state index in [0.29, 0.717) is 0 Å². The van der Waals surface area contributed by atoms with Gasteiger partial charge in [-0.15, -0.1) is 0 Å². The topological polar surface area (TPSA) is 38.9 Å². The van der Waals surface area contributed by atoms with Crippen molar-refractivity contribution in [3.05, 3.63) is 28.0 Å². The first-order chi connectivity index (χ1) is 5.79. The average Bonchev–Trinajstić information content (AvgIpc) is 2.07. The van der Waals surface area contributed by atoms with E-state index in [9.17, 15) is 0 Å². The van der Waals surface area contributed by atoms with Gasteiger partial charge in [0.2, 0.25) is 0 Å². The molecule has 0 fully saturated rings. The van der Waals surface area contributed by atoms with Crippen molar-refractivity contribution < 1.29 is 0 Å². The highest BCUT2D eigenvalue weighted by atomic mass is 79.9. The van der Waals surface area contributed by atoms with Crippen molar-refractivity contribution in [2.45, 2.75) is 25.3 Å². The number of fused-ring (bicyclic) bond motifs is 1. The molecule has 3 heteroatoms. The van der Waals surface area contributed by atoms with Gasteiger partial charge in [-0.05, 0) is 30.9 Å². The molecule has 0 aromatic carbocycles. The fourth-order valence-electron chi connectivity index (χ4n) is 1.69. The second-order valence-corrected chi connectivity index (χ2v) is 4.01. The molecule has 0 spiro atoms. The van der Waals surface area contributed by atoms with Crippen LogP contribution in [0.4, 0.5) is 0 Å². The third-order valence-corrected chi connectivity index (χ3v) is 3.07. The molecular formula is C9H11BrN2. The van der Waals surface area contributed by atoms with Crippen LogP contribution in [0.5, 0.6) is 0 Å². The molecule has 0 unspecified atom stereocenters. The molecule has 2 nitrogen and oxygen atoms in total. The zero-order valence-corrected chi connectivity index (χ0v) is 8.34. The predicted octanol–water partition coefficient (Wildman–Crippen LogP) is 2.18. The van der Waals surface area contributed by atoms with E-state index in [1.54, 1.807) is 0 Å². The van der Waals surface area contributed by atoms with Gasteiger partial charge >= 0.3 is 0 Å². The number of nitrogens with two attached hydrogens (primary N) is 1. The van der Waals surface area contributed by atoms with Gasteiger partial charge in [0.25, 0.3) is 0 Å². The maximum Gasteiger partial charge on any atom is 0.0614 e. The van der Waals surface area contributed by atoms with E-state index in [4.69, 9.17) is 5.73 Å². The van der Waals surface area contributed by atoms with E-state index < -0.39 is 0 Å². The molecule has 0 aliphatic heterocycles. The van der Waals surface area contributed by atoms with Crippen LogP contribution in [0.3, 0.4) is 0 Å². The lowest BCUT2D eigenvalue weighted by Crippen LogP contribution is -2.19. The number of rotatable bonds is 0. The average molecular weight is 227 g/mol. The molecular weight excluding hydrogens is 216 g/mol. The Hall–Kier alpha value is -0.410. The van der Waals surface area contributed by atoms with Crippen LogP contribution < -0.4 is 5.73 Å². The number of halogens is 1. The molecule has 0 saturated heterocycles. The lowest BCUT2D eigenvalue weighted by molar-refractivity contribution is 0.552.